The zero-order valence-electron chi connectivity index (χ0n) is 13.9. The monoisotopic (exact) mass is 382 g/mol. The van der Waals surface area contributed by atoms with E-state index in [1.165, 1.54) is 41.8 Å². The summed E-state index contributed by atoms with van der Waals surface area (Å²) in [5.74, 6) is -2.12. The Kier molecular flexibility index (Phi) is 6.87. The summed E-state index contributed by atoms with van der Waals surface area (Å²) in [4.78, 5) is 11.8. The maximum absolute atomic E-state index is 13.7. The van der Waals surface area contributed by atoms with Crippen molar-refractivity contribution in [1.82, 2.24) is 0 Å². The third-order valence-electron chi connectivity index (χ3n) is 3.39. The Bertz CT molecular complexity index is 963. The van der Waals surface area contributed by atoms with Crippen LogP contribution in [0.25, 0.3) is 12.2 Å². The van der Waals surface area contributed by atoms with Crippen LogP contribution in [-0.2, 0) is 15.6 Å². The Morgan fingerprint density at radius 1 is 0.963 bits per heavy atom. The molecule has 134 valence electrons. The van der Waals surface area contributed by atoms with Gasteiger partial charge in [0.05, 0.1) is 39.8 Å². The SMILES string of the molecule is N#Cc1ccc(C=CS(=O)CC(=O)/C=C/c2ccc(C#N)cc2F)c(F)c1. The molecule has 2 rings (SSSR count). The molecule has 0 spiro atoms. The number of hydrogen-bond donors (Lipinski definition) is 0. The minimum Gasteiger partial charge on any atom is -0.294 e. The van der Waals surface area contributed by atoms with Gasteiger partial charge in [0.2, 0.25) is 0 Å². The molecule has 0 N–H and O–H groups in total. The van der Waals surface area contributed by atoms with Crippen LogP contribution in [0, 0.1) is 34.3 Å². The van der Waals surface area contributed by atoms with Crippen LogP contribution in [0.1, 0.15) is 22.3 Å². The highest BCUT2D eigenvalue weighted by molar-refractivity contribution is 7.88. The van der Waals surface area contributed by atoms with Gasteiger partial charge in [0, 0.05) is 16.5 Å². The molecule has 0 bridgehead atoms. The molecule has 1 atom stereocenters. The van der Waals surface area contributed by atoms with Gasteiger partial charge >= 0.3 is 0 Å². The van der Waals surface area contributed by atoms with Crippen LogP contribution in [-0.4, -0.2) is 15.7 Å². The summed E-state index contributed by atoms with van der Waals surface area (Å²) in [6, 6.07) is 11.3. The molecule has 0 radical (unpaired) electrons. The topological polar surface area (TPSA) is 81.7 Å². The summed E-state index contributed by atoms with van der Waals surface area (Å²) < 4.78 is 39.3. The molecular formula is C20H12F2N2O2S. The molecule has 0 aliphatic heterocycles. The van der Waals surface area contributed by atoms with Crippen molar-refractivity contribution in [3.63, 3.8) is 0 Å². The minimum atomic E-state index is -1.68. The minimum absolute atomic E-state index is 0.128. The zero-order valence-corrected chi connectivity index (χ0v) is 14.7. The molecule has 0 aromatic heterocycles. The van der Waals surface area contributed by atoms with Crippen LogP contribution < -0.4 is 0 Å². The second-order valence-electron chi connectivity index (χ2n) is 5.32. The molecule has 2 aromatic carbocycles. The molecule has 0 fully saturated rings. The zero-order chi connectivity index (χ0) is 19.8. The molecular weight excluding hydrogens is 370 g/mol. The first kappa shape index (κ1) is 19.9. The van der Waals surface area contributed by atoms with E-state index in [9.17, 15) is 17.8 Å². The lowest BCUT2D eigenvalue weighted by Gasteiger charge is -1.98. The number of halogens is 2. The van der Waals surface area contributed by atoms with Gasteiger partial charge in [0.1, 0.15) is 11.6 Å². The Morgan fingerprint density at radius 3 is 1.96 bits per heavy atom. The van der Waals surface area contributed by atoms with E-state index in [0.29, 0.717) is 0 Å². The molecule has 7 heteroatoms. The summed E-state index contributed by atoms with van der Waals surface area (Å²) in [5.41, 5.74) is 0.603. The quantitative estimate of drug-likeness (QED) is 0.713. The van der Waals surface area contributed by atoms with E-state index >= 15 is 0 Å². The number of ketones is 1. The maximum Gasteiger partial charge on any atom is 0.168 e. The first-order chi connectivity index (χ1) is 12.9. The average Bonchev–Trinajstić information content (AvgIpc) is 2.65. The van der Waals surface area contributed by atoms with Gasteiger partial charge in [-0.2, -0.15) is 10.5 Å². The number of nitriles is 2. The fraction of sp³-hybridized carbons (Fsp3) is 0.0500. The van der Waals surface area contributed by atoms with Crippen LogP contribution >= 0.6 is 0 Å². The van der Waals surface area contributed by atoms with Crippen molar-refractivity contribution in [2.45, 2.75) is 0 Å². The Morgan fingerprint density at radius 2 is 1.48 bits per heavy atom. The molecule has 1 unspecified atom stereocenters. The fourth-order valence-corrected chi connectivity index (χ4v) is 2.80. The van der Waals surface area contributed by atoms with Crippen molar-refractivity contribution in [1.29, 1.82) is 10.5 Å². The molecule has 0 saturated carbocycles. The van der Waals surface area contributed by atoms with E-state index in [0.717, 1.165) is 18.2 Å². The van der Waals surface area contributed by atoms with E-state index in [4.69, 9.17) is 10.5 Å². The highest BCUT2D eigenvalue weighted by Crippen LogP contribution is 2.13. The fourth-order valence-electron chi connectivity index (χ4n) is 2.03. The van der Waals surface area contributed by atoms with Crippen LogP contribution in [0.4, 0.5) is 8.78 Å². The molecule has 0 saturated heterocycles. The summed E-state index contributed by atoms with van der Waals surface area (Å²) >= 11 is 0. The summed E-state index contributed by atoms with van der Waals surface area (Å²) in [6.07, 6.45) is 3.60. The molecule has 27 heavy (non-hydrogen) atoms. The molecule has 0 aliphatic rings. The highest BCUT2D eigenvalue weighted by Gasteiger charge is 2.05. The van der Waals surface area contributed by atoms with Crippen molar-refractivity contribution in [3.05, 3.63) is 81.8 Å². The summed E-state index contributed by atoms with van der Waals surface area (Å²) in [6.45, 7) is 0. The summed E-state index contributed by atoms with van der Waals surface area (Å²) in [7, 11) is -1.68. The van der Waals surface area contributed by atoms with Crippen molar-refractivity contribution < 1.29 is 17.8 Å². The standard InChI is InChI=1S/C20H12F2N2O2S/c21-19-9-14(11-23)1-3-16(19)5-6-18(25)13-27(26)8-7-17-4-2-15(12-24)10-20(17)22/h1-10H,13H2/b6-5+,8-7?. The van der Waals surface area contributed by atoms with Crippen LogP contribution in [0.2, 0.25) is 0 Å². The molecule has 0 amide bonds. The van der Waals surface area contributed by atoms with Crippen molar-refractivity contribution in [2.24, 2.45) is 0 Å². The Hall–Kier alpha value is -3.42. The first-order valence-electron chi connectivity index (χ1n) is 7.58. The second kappa shape index (κ2) is 9.33. The summed E-state index contributed by atoms with van der Waals surface area (Å²) in [5, 5.41) is 18.5. The number of allylic oxidation sites excluding steroid dienone is 1. The number of hydrogen-bond acceptors (Lipinski definition) is 4. The van der Waals surface area contributed by atoms with Crippen molar-refractivity contribution >= 4 is 28.7 Å². The van der Waals surface area contributed by atoms with E-state index < -0.39 is 28.2 Å². The van der Waals surface area contributed by atoms with E-state index in [2.05, 4.69) is 0 Å². The Labute approximate surface area is 157 Å². The lowest BCUT2D eigenvalue weighted by Crippen LogP contribution is -2.05. The Balaban J connectivity index is 1.98. The number of rotatable bonds is 6. The predicted molar refractivity (Wildman–Crippen MR) is 98.3 cm³/mol. The second-order valence-corrected chi connectivity index (χ2v) is 6.65. The average molecular weight is 382 g/mol. The van der Waals surface area contributed by atoms with Gasteiger partial charge in [-0.15, -0.1) is 0 Å². The third kappa shape index (κ3) is 5.81. The van der Waals surface area contributed by atoms with Crippen LogP contribution in [0.15, 0.2) is 47.9 Å². The van der Waals surface area contributed by atoms with Gasteiger partial charge in [-0.3, -0.25) is 9.00 Å². The predicted octanol–water partition coefficient (Wildman–Crippen LogP) is 3.71. The van der Waals surface area contributed by atoms with Gasteiger partial charge < -0.3 is 0 Å². The number of nitrogens with zero attached hydrogens (tertiary/aromatic N) is 2. The van der Waals surface area contributed by atoms with Crippen molar-refractivity contribution in [2.75, 3.05) is 5.75 Å². The van der Waals surface area contributed by atoms with Gasteiger partial charge in [0.15, 0.2) is 5.78 Å². The normalized spacial score (nSPS) is 12.0. The van der Waals surface area contributed by atoms with E-state index in [1.807, 2.05) is 0 Å². The van der Waals surface area contributed by atoms with E-state index in [1.54, 1.807) is 12.1 Å². The highest BCUT2D eigenvalue weighted by atomic mass is 32.2. The largest absolute Gasteiger partial charge is 0.294 e. The number of carbonyl (C=O) groups excluding carboxylic acids is 1. The number of carbonyl (C=O) groups is 1. The molecule has 4 nitrogen and oxygen atoms in total. The van der Waals surface area contributed by atoms with Gasteiger partial charge in [-0.25, -0.2) is 8.78 Å². The first-order valence-corrected chi connectivity index (χ1v) is 8.96. The smallest absolute Gasteiger partial charge is 0.168 e. The van der Waals surface area contributed by atoms with E-state index in [-0.39, 0.29) is 28.0 Å². The lowest BCUT2D eigenvalue weighted by atomic mass is 10.1. The van der Waals surface area contributed by atoms with Crippen molar-refractivity contribution in [3.8, 4) is 12.1 Å². The molecule has 2 aromatic rings. The lowest BCUT2D eigenvalue weighted by molar-refractivity contribution is -0.112. The molecule has 0 heterocycles. The van der Waals surface area contributed by atoms with Gasteiger partial charge in [-0.05, 0) is 42.5 Å². The maximum atomic E-state index is 13.7. The van der Waals surface area contributed by atoms with Gasteiger partial charge in [0.25, 0.3) is 0 Å². The van der Waals surface area contributed by atoms with Crippen LogP contribution in [0.5, 0.6) is 0 Å². The number of benzene rings is 2. The van der Waals surface area contributed by atoms with Crippen LogP contribution in [0.3, 0.4) is 0 Å². The molecule has 0 aliphatic carbocycles. The third-order valence-corrected chi connectivity index (χ3v) is 4.40. The van der Waals surface area contributed by atoms with Gasteiger partial charge in [-0.1, -0.05) is 12.1 Å².